The number of hydrogen-bond donors (Lipinski definition) is 3. The summed E-state index contributed by atoms with van der Waals surface area (Å²) in [5.74, 6) is 0. The molecule has 0 saturated heterocycles. The minimum atomic E-state index is -0.140. The summed E-state index contributed by atoms with van der Waals surface area (Å²) in [4.78, 5) is 12.1. The van der Waals surface area contributed by atoms with Crippen LogP contribution < -0.4 is 16.4 Å². The number of nitrogens with one attached hydrogen (secondary N) is 2. The van der Waals surface area contributed by atoms with Gasteiger partial charge in [0.05, 0.1) is 0 Å². The number of carbonyl (C=O) groups is 1. The van der Waals surface area contributed by atoms with Crippen LogP contribution in [0.1, 0.15) is 47.0 Å². The molecule has 0 bridgehead atoms. The second-order valence-corrected chi connectivity index (χ2v) is 7.83. The first kappa shape index (κ1) is 15.7. The van der Waals surface area contributed by atoms with Crippen LogP contribution in [0.25, 0.3) is 0 Å². The van der Waals surface area contributed by atoms with Gasteiger partial charge < -0.3 is 16.4 Å². The Labute approximate surface area is 127 Å². The van der Waals surface area contributed by atoms with Crippen molar-refractivity contribution in [3.8, 4) is 0 Å². The number of rotatable bonds is 2. The van der Waals surface area contributed by atoms with E-state index in [1.54, 1.807) is 12.1 Å². The summed E-state index contributed by atoms with van der Waals surface area (Å²) in [6.07, 6.45) is 3.23. The highest BCUT2D eigenvalue weighted by atomic mass is 16.2. The van der Waals surface area contributed by atoms with Gasteiger partial charge in [0.2, 0.25) is 0 Å². The molecule has 0 radical (unpaired) electrons. The summed E-state index contributed by atoms with van der Waals surface area (Å²) in [6.45, 7) is 9.11. The number of benzene rings is 1. The third kappa shape index (κ3) is 4.66. The molecule has 1 aromatic carbocycles. The lowest BCUT2D eigenvalue weighted by Crippen LogP contribution is -2.47. The van der Waals surface area contributed by atoms with Gasteiger partial charge in [0.25, 0.3) is 0 Å². The van der Waals surface area contributed by atoms with Crippen LogP contribution in [0.2, 0.25) is 0 Å². The minimum absolute atomic E-state index is 0.140. The van der Waals surface area contributed by atoms with Crippen molar-refractivity contribution in [1.29, 1.82) is 0 Å². The maximum Gasteiger partial charge on any atom is 0.319 e. The van der Waals surface area contributed by atoms with Crippen molar-refractivity contribution < 1.29 is 4.79 Å². The number of hydrogen-bond acceptors (Lipinski definition) is 2. The number of anilines is 2. The van der Waals surface area contributed by atoms with Crippen molar-refractivity contribution >= 4 is 17.4 Å². The van der Waals surface area contributed by atoms with Crippen LogP contribution in [-0.4, -0.2) is 12.1 Å². The van der Waals surface area contributed by atoms with E-state index in [0.29, 0.717) is 5.69 Å². The van der Waals surface area contributed by atoms with Gasteiger partial charge in [0.1, 0.15) is 0 Å². The zero-order valence-corrected chi connectivity index (χ0v) is 13.5. The van der Waals surface area contributed by atoms with Crippen molar-refractivity contribution in [3.63, 3.8) is 0 Å². The summed E-state index contributed by atoms with van der Waals surface area (Å²) in [7, 11) is 0. The van der Waals surface area contributed by atoms with Crippen LogP contribution in [0.3, 0.4) is 0 Å². The molecule has 4 heteroatoms. The van der Waals surface area contributed by atoms with Gasteiger partial charge in [-0.1, -0.05) is 27.7 Å². The van der Waals surface area contributed by atoms with Gasteiger partial charge in [-0.25, -0.2) is 4.79 Å². The van der Waals surface area contributed by atoms with E-state index in [1.165, 1.54) is 6.42 Å². The monoisotopic (exact) mass is 289 g/mol. The van der Waals surface area contributed by atoms with E-state index < -0.39 is 0 Å². The molecule has 0 heterocycles. The molecular weight excluding hydrogens is 262 g/mol. The van der Waals surface area contributed by atoms with Crippen LogP contribution in [0.4, 0.5) is 16.2 Å². The zero-order valence-electron chi connectivity index (χ0n) is 13.5. The molecule has 0 aliphatic heterocycles. The van der Waals surface area contributed by atoms with Crippen LogP contribution in [0.5, 0.6) is 0 Å². The molecule has 2 amide bonds. The van der Waals surface area contributed by atoms with Crippen molar-refractivity contribution in [2.75, 3.05) is 11.1 Å². The average molecular weight is 289 g/mol. The number of carbonyl (C=O) groups excluding carboxylic acids is 1. The van der Waals surface area contributed by atoms with Gasteiger partial charge in [-0.15, -0.1) is 0 Å². The molecule has 0 unspecified atom stereocenters. The van der Waals surface area contributed by atoms with Gasteiger partial charge in [-0.3, -0.25) is 0 Å². The Morgan fingerprint density at radius 3 is 2.14 bits per heavy atom. The highest BCUT2D eigenvalue weighted by Gasteiger charge is 2.38. The standard InChI is InChI=1S/C17H27N3O/c1-16(2)9-14(10-17(3,4)11-16)20-15(21)19-13-7-5-12(18)6-8-13/h5-8,14H,9-11,18H2,1-4H3,(H2,19,20,21). The lowest BCUT2D eigenvalue weighted by molar-refractivity contribution is 0.0892. The zero-order chi connectivity index (χ0) is 15.7. The van der Waals surface area contributed by atoms with Gasteiger partial charge in [0.15, 0.2) is 0 Å². The molecular formula is C17H27N3O. The van der Waals surface area contributed by atoms with Crippen molar-refractivity contribution in [1.82, 2.24) is 5.32 Å². The molecule has 0 spiro atoms. The normalized spacial score (nSPS) is 20.8. The number of amides is 2. The van der Waals surface area contributed by atoms with E-state index in [2.05, 4.69) is 38.3 Å². The lowest BCUT2D eigenvalue weighted by Gasteiger charge is -2.45. The average Bonchev–Trinajstić information content (AvgIpc) is 2.27. The highest BCUT2D eigenvalue weighted by molar-refractivity contribution is 5.89. The SMILES string of the molecule is CC1(C)CC(NC(=O)Nc2ccc(N)cc2)CC(C)(C)C1. The Kier molecular flexibility index (Phi) is 4.17. The molecule has 2 rings (SSSR count). The molecule has 1 saturated carbocycles. The van der Waals surface area contributed by atoms with Crippen LogP contribution in [0.15, 0.2) is 24.3 Å². The summed E-state index contributed by atoms with van der Waals surface area (Å²) in [6, 6.07) is 7.26. The Hall–Kier alpha value is -1.71. The predicted octanol–water partition coefficient (Wildman–Crippen LogP) is 4.00. The van der Waals surface area contributed by atoms with E-state index in [1.807, 2.05) is 12.1 Å². The molecule has 4 nitrogen and oxygen atoms in total. The molecule has 21 heavy (non-hydrogen) atoms. The summed E-state index contributed by atoms with van der Waals surface area (Å²) in [5.41, 5.74) is 7.62. The van der Waals surface area contributed by atoms with Crippen molar-refractivity contribution in [3.05, 3.63) is 24.3 Å². The minimum Gasteiger partial charge on any atom is -0.399 e. The Bertz CT molecular complexity index is 489. The van der Waals surface area contributed by atoms with Gasteiger partial charge in [0, 0.05) is 17.4 Å². The van der Waals surface area contributed by atoms with Crippen molar-refractivity contribution in [2.24, 2.45) is 10.8 Å². The van der Waals surface area contributed by atoms with E-state index in [-0.39, 0.29) is 22.9 Å². The van der Waals surface area contributed by atoms with E-state index in [4.69, 9.17) is 5.73 Å². The lowest BCUT2D eigenvalue weighted by atomic mass is 9.63. The molecule has 1 fully saturated rings. The molecule has 0 aromatic heterocycles. The quantitative estimate of drug-likeness (QED) is 0.720. The Morgan fingerprint density at radius 2 is 1.62 bits per heavy atom. The third-order valence-corrected chi connectivity index (χ3v) is 4.06. The molecule has 0 atom stereocenters. The molecule has 1 aromatic rings. The molecule has 1 aliphatic carbocycles. The smallest absolute Gasteiger partial charge is 0.319 e. The number of nitrogens with two attached hydrogens (primary N) is 1. The Balaban J connectivity index is 1.94. The molecule has 4 N–H and O–H groups in total. The van der Waals surface area contributed by atoms with Crippen LogP contribution in [-0.2, 0) is 0 Å². The maximum absolute atomic E-state index is 12.1. The van der Waals surface area contributed by atoms with Gasteiger partial charge in [-0.2, -0.15) is 0 Å². The predicted molar refractivity (Wildman–Crippen MR) is 88.2 cm³/mol. The fourth-order valence-electron chi connectivity index (χ4n) is 3.87. The second kappa shape index (κ2) is 5.58. The molecule has 116 valence electrons. The molecule has 1 aliphatic rings. The third-order valence-electron chi connectivity index (χ3n) is 4.06. The fourth-order valence-corrected chi connectivity index (χ4v) is 3.87. The summed E-state index contributed by atoms with van der Waals surface area (Å²) in [5, 5.41) is 5.98. The first-order valence-electron chi connectivity index (χ1n) is 7.58. The first-order chi connectivity index (χ1) is 9.65. The number of nitrogen functional groups attached to an aromatic ring is 1. The van der Waals surface area contributed by atoms with E-state index in [9.17, 15) is 4.79 Å². The summed E-state index contributed by atoms with van der Waals surface area (Å²) < 4.78 is 0. The van der Waals surface area contributed by atoms with Crippen molar-refractivity contribution in [2.45, 2.75) is 53.0 Å². The summed E-state index contributed by atoms with van der Waals surface area (Å²) >= 11 is 0. The maximum atomic E-state index is 12.1. The van der Waals surface area contributed by atoms with E-state index in [0.717, 1.165) is 18.5 Å². The Morgan fingerprint density at radius 1 is 1.10 bits per heavy atom. The van der Waals surface area contributed by atoms with Crippen LogP contribution >= 0.6 is 0 Å². The first-order valence-corrected chi connectivity index (χ1v) is 7.58. The highest BCUT2D eigenvalue weighted by Crippen LogP contribution is 2.45. The van der Waals surface area contributed by atoms with Gasteiger partial charge >= 0.3 is 6.03 Å². The van der Waals surface area contributed by atoms with Gasteiger partial charge in [-0.05, 0) is 54.4 Å². The largest absolute Gasteiger partial charge is 0.399 e. The topological polar surface area (TPSA) is 67.2 Å². The van der Waals surface area contributed by atoms with E-state index >= 15 is 0 Å². The van der Waals surface area contributed by atoms with Crippen LogP contribution in [0, 0.1) is 10.8 Å². The number of urea groups is 1. The fraction of sp³-hybridized carbons (Fsp3) is 0.588. The second-order valence-electron chi connectivity index (χ2n) is 7.83.